The SMILES string of the molecule is NC(=O)CCCCCCCCCCCCCCCCCCCCC12CC(F)(C1)C2. The highest BCUT2D eigenvalue weighted by molar-refractivity contribution is 5.73. The van der Waals surface area contributed by atoms with E-state index < -0.39 is 5.67 Å². The molecule has 0 aromatic carbocycles. The van der Waals surface area contributed by atoms with Gasteiger partial charge in [-0.3, -0.25) is 4.79 Å². The summed E-state index contributed by atoms with van der Waals surface area (Å²) >= 11 is 0. The van der Waals surface area contributed by atoms with Crippen molar-refractivity contribution in [2.75, 3.05) is 0 Å². The van der Waals surface area contributed by atoms with Gasteiger partial charge in [0.2, 0.25) is 5.91 Å². The maximum absolute atomic E-state index is 13.5. The standard InChI is InChI=1S/C26H48FNO/c27-26-21-25(22-26,23-26)20-18-16-14-12-10-8-6-4-2-1-3-5-7-9-11-13-15-17-19-24(28)29/h1-23H2,(H2,28,29). The van der Waals surface area contributed by atoms with Gasteiger partial charge in [-0.1, -0.05) is 109 Å². The molecule has 0 aromatic rings. The molecule has 3 heteroatoms. The van der Waals surface area contributed by atoms with Gasteiger partial charge in [0, 0.05) is 6.42 Å². The number of amides is 1. The van der Waals surface area contributed by atoms with Crippen LogP contribution in [0.15, 0.2) is 0 Å². The molecule has 3 rings (SSSR count). The number of carbonyl (C=O) groups is 1. The summed E-state index contributed by atoms with van der Waals surface area (Å²) in [7, 11) is 0. The lowest BCUT2D eigenvalue weighted by Crippen LogP contribution is -2.64. The van der Waals surface area contributed by atoms with Crippen molar-refractivity contribution in [2.45, 2.75) is 153 Å². The van der Waals surface area contributed by atoms with E-state index in [0.717, 1.165) is 32.1 Å². The van der Waals surface area contributed by atoms with Crippen molar-refractivity contribution in [1.82, 2.24) is 0 Å². The molecule has 0 saturated heterocycles. The fourth-order valence-corrected chi connectivity index (χ4v) is 5.75. The predicted octanol–water partition coefficient (Wildman–Crippen LogP) is 8.17. The molecule has 3 fully saturated rings. The number of rotatable bonds is 21. The average Bonchev–Trinajstić information content (AvgIpc) is 2.63. The van der Waals surface area contributed by atoms with Crippen LogP contribution in [-0.2, 0) is 4.79 Å². The molecule has 0 aliphatic heterocycles. The summed E-state index contributed by atoms with van der Waals surface area (Å²) in [6.45, 7) is 0. The Labute approximate surface area is 180 Å². The van der Waals surface area contributed by atoms with Crippen molar-refractivity contribution in [3.8, 4) is 0 Å². The van der Waals surface area contributed by atoms with Crippen LogP contribution in [0.1, 0.15) is 148 Å². The summed E-state index contributed by atoms with van der Waals surface area (Å²) < 4.78 is 13.5. The topological polar surface area (TPSA) is 43.1 Å². The number of hydrogen-bond donors (Lipinski definition) is 1. The molecule has 1 amide bonds. The van der Waals surface area contributed by atoms with Gasteiger partial charge in [0.1, 0.15) is 5.67 Å². The van der Waals surface area contributed by atoms with Crippen LogP contribution in [0.4, 0.5) is 4.39 Å². The molecule has 0 heterocycles. The monoisotopic (exact) mass is 409 g/mol. The minimum absolute atomic E-state index is 0.158. The zero-order valence-electron chi connectivity index (χ0n) is 19.1. The quantitative estimate of drug-likeness (QED) is 0.191. The average molecular weight is 410 g/mol. The van der Waals surface area contributed by atoms with Gasteiger partial charge in [0.15, 0.2) is 0 Å². The summed E-state index contributed by atoms with van der Waals surface area (Å²) in [5.74, 6) is -0.158. The molecule has 0 atom stereocenters. The molecule has 2 nitrogen and oxygen atoms in total. The Morgan fingerprint density at radius 1 is 0.586 bits per heavy atom. The number of unbranched alkanes of at least 4 members (excludes halogenated alkanes) is 17. The highest BCUT2D eigenvalue weighted by Crippen LogP contribution is 2.71. The lowest BCUT2D eigenvalue weighted by atomic mass is 9.41. The third-order valence-corrected chi connectivity index (χ3v) is 7.46. The van der Waals surface area contributed by atoms with Gasteiger partial charge < -0.3 is 5.73 Å². The fraction of sp³-hybridized carbons (Fsp3) is 0.962. The van der Waals surface area contributed by atoms with Crippen molar-refractivity contribution in [3.05, 3.63) is 0 Å². The van der Waals surface area contributed by atoms with Crippen LogP contribution in [-0.4, -0.2) is 11.6 Å². The van der Waals surface area contributed by atoms with Crippen LogP contribution in [0.2, 0.25) is 0 Å². The maximum atomic E-state index is 13.5. The molecule has 2 bridgehead atoms. The molecule has 3 saturated carbocycles. The smallest absolute Gasteiger partial charge is 0.217 e. The van der Waals surface area contributed by atoms with Crippen LogP contribution >= 0.6 is 0 Å². The van der Waals surface area contributed by atoms with E-state index in [1.165, 1.54) is 109 Å². The largest absolute Gasteiger partial charge is 0.370 e. The molecule has 170 valence electrons. The second kappa shape index (κ2) is 13.7. The van der Waals surface area contributed by atoms with Crippen molar-refractivity contribution in [1.29, 1.82) is 0 Å². The number of hydrogen-bond acceptors (Lipinski definition) is 1. The van der Waals surface area contributed by atoms with Gasteiger partial charge in [-0.2, -0.15) is 0 Å². The van der Waals surface area contributed by atoms with Crippen molar-refractivity contribution >= 4 is 5.91 Å². The molecule has 3 aliphatic carbocycles. The van der Waals surface area contributed by atoms with Crippen LogP contribution < -0.4 is 5.73 Å². The molecule has 0 radical (unpaired) electrons. The van der Waals surface area contributed by atoms with Crippen LogP contribution in [0.3, 0.4) is 0 Å². The maximum Gasteiger partial charge on any atom is 0.217 e. The third-order valence-electron chi connectivity index (χ3n) is 7.46. The highest BCUT2D eigenvalue weighted by Gasteiger charge is 2.68. The summed E-state index contributed by atoms with van der Waals surface area (Å²) in [6.07, 6.45) is 28.8. The lowest BCUT2D eigenvalue weighted by molar-refractivity contribution is -0.217. The van der Waals surface area contributed by atoms with Gasteiger partial charge in [0.25, 0.3) is 0 Å². The molecule has 0 unspecified atom stereocenters. The number of halogens is 1. The third kappa shape index (κ3) is 10.3. The number of alkyl halides is 1. The zero-order valence-corrected chi connectivity index (χ0v) is 19.1. The molecule has 0 spiro atoms. The number of carbonyl (C=O) groups excluding carboxylic acids is 1. The minimum atomic E-state index is -0.700. The summed E-state index contributed by atoms with van der Waals surface area (Å²) in [4.78, 5) is 10.6. The van der Waals surface area contributed by atoms with E-state index in [4.69, 9.17) is 5.73 Å². The number of nitrogens with two attached hydrogens (primary N) is 1. The molecular weight excluding hydrogens is 361 g/mol. The van der Waals surface area contributed by atoms with E-state index in [2.05, 4.69) is 0 Å². The number of primary amides is 1. The Balaban J connectivity index is 1.17. The molecule has 0 aromatic heterocycles. The van der Waals surface area contributed by atoms with Crippen molar-refractivity contribution in [2.24, 2.45) is 11.1 Å². The van der Waals surface area contributed by atoms with Gasteiger partial charge in [0.05, 0.1) is 0 Å². The Hall–Kier alpha value is -0.600. The zero-order chi connectivity index (χ0) is 20.8. The van der Waals surface area contributed by atoms with Crippen molar-refractivity contribution < 1.29 is 9.18 Å². The van der Waals surface area contributed by atoms with Gasteiger partial charge in [-0.05, 0) is 37.5 Å². The van der Waals surface area contributed by atoms with E-state index in [-0.39, 0.29) is 5.91 Å². The predicted molar refractivity (Wildman–Crippen MR) is 122 cm³/mol. The van der Waals surface area contributed by atoms with E-state index >= 15 is 0 Å². The lowest BCUT2D eigenvalue weighted by Gasteiger charge is -2.66. The highest BCUT2D eigenvalue weighted by atomic mass is 19.1. The summed E-state index contributed by atoms with van der Waals surface area (Å²) in [5, 5.41) is 0. The van der Waals surface area contributed by atoms with E-state index in [1.807, 2.05) is 0 Å². The Morgan fingerprint density at radius 2 is 0.897 bits per heavy atom. The van der Waals surface area contributed by atoms with Crippen LogP contribution in [0, 0.1) is 5.41 Å². The normalized spacial score (nSPS) is 24.9. The van der Waals surface area contributed by atoms with Crippen LogP contribution in [0.25, 0.3) is 0 Å². The van der Waals surface area contributed by atoms with Gasteiger partial charge in [-0.15, -0.1) is 0 Å². The first-order valence-electron chi connectivity index (χ1n) is 13.0. The van der Waals surface area contributed by atoms with Crippen molar-refractivity contribution in [3.63, 3.8) is 0 Å². The first-order valence-corrected chi connectivity index (χ1v) is 13.0. The van der Waals surface area contributed by atoms with E-state index in [0.29, 0.717) is 11.8 Å². The Kier molecular flexibility index (Phi) is 11.6. The minimum Gasteiger partial charge on any atom is -0.370 e. The van der Waals surface area contributed by atoms with Crippen LogP contribution in [0.5, 0.6) is 0 Å². The fourth-order valence-electron chi connectivity index (χ4n) is 5.75. The second-order valence-electron chi connectivity index (χ2n) is 10.5. The van der Waals surface area contributed by atoms with E-state index in [1.54, 1.807) is 0 Å². The first kappa shape index (κ1) is 24.7. The summed E-state index contributed by atoms with van der Waals surface area (Å²) in [6, 6.07) is 0. The Morgan fingerprint density at radius 3 is 1.21 bits per heavy atom. The first-order chi connectivity index (χ1) is 14.0. The molecule has 29 heavy (non-hydrogen) atoms. The summed E-state index contributed by atoms with van der Waals surface area (Å²) in [5.41, 5.74) is 4.92. The molecule has 3 aliphatic rings. The molecular formula is C26H48FNO. The Bertz CT molecular complexity index is 430. The van der Waals surface area contributed by atoms with E-state index in [9.17, 15) is 9.18 Å². The second-order valence-corrected chi connectivity index (χ2v) is 10.5. The van der Waals surface area contributed by atoms with Gasteiger partial charge >= 0.3 is 0 Å². The van der Waals surface area contributed by atoms with Gasteiger partial charge in [-0.25, -0.2) is 4.39 Å². The molecule has 2 N–H and O–H groups in total.